The lowest BCUT2D eigenvalue weighted by Crippen LogP contribution is -1.98. The van der Waals surface area contributed by atoms with Crippen LogP contribution in [0.1, 0.15) is 15.9 Å². The van der Waals surface area contributed by atoms with Gasteiger partial charge in [0.05, 0.1) is 5.56 Å². The molecule has 3 heteroatoms. The van der Waals surface area contributed by atoms with Crippen molar-refractivity contribution in [3.05, 3.63) is 35.4 Å². The van der Waals surface area contributed by atoms with Crippen molar-refractivity contribution in [1.29, 1.82) is 0 Å². The number of benzene rings is 1. The van der Waals surface area contributed by atoms with E-state index in [9.17, 15) is 4.79 Å². The molecule has 0 radical (unpaired) electrons. The topological polar surface area (TPSA) is 37.3 Å². The number of hydrogen-bond donors (Lipinski definition) is 1. The number of halogens is 1. The van der Waals surface area contributed by atoms with Crippen LogP contribution in [0.15, 0.2) is 24.3 Å². The molecule has 0 saturated carbocycles. The molecule has 1 aromatic carbocycles. The lowest BCUT2D eigenvalue weighted by Gasteiger charge is -1.95. The summed E-state index contributed by atoms with van der Waals surface area (Å²) in [5.74, 6) is 1.77. The number of carboxylic acids is 1. The zero-order valence-electron chi connectivity index (χ0n) is 6.04. The molecule has 0 heterocycles. The summed E-state index contributed by atoms with van der Waals surface area (Å²) in [7, 11) is 0. The molecule has 12 heavy (non-hydrogen) atoms. The Balaban J connectivity index is 3.23. The van der Waals surface area contributed by atoms with Crippen molar-refractivity contribution in [2.45, 2.75) is 0 Å². The number of carboxylic acid groups (broad SMARTS) is 1. The largest absolute Gasteiger partial charge is 0.478 e. The van der Waals surface area contributed by atoms with Crippen LogP contribution >= 0.6 is 22.6 Å². The van der Waals surface area contributed by atoms with E-state index in [0.29, 0.717) is 5.56 Å². The molecule has 0 aliphatic heterocycles. The molecule has 0 amide bonds. The van der Waals surface area contributed by atoms with E-state index in [0.717, 1.165) is 0 Å². The molecule has 0 fully saturated rings. The van der Waals surface area contributed by atoms with Gasteiger partial charge in [-0.1, -0.05) is 18.1 Å². The van der Waals surface area contributed by atoms with E-state index in [1.54, 1.807) is 24.3 Å². The molecule has 2 nitrogen and oxygen atoms in total. The smallest absolute Gasteiger partial charge is 0.336 e. The highest BCUT2D eigenvalue weighted by atomic mass is 127. The van der Waals surface area contributed by atoms with Gasteiger partial charge < -0.3 is 5.11 Å². The Kier molecular flexibility index (Phi) is 3.11. The first kappa shape index (κ1) is 9.07. The van der Waals surface area contributed by atoms with E-state index in [1.165, 1.54) is 0 Å². The van der Waals surface area contributed by atoms with E-state index < -0.39 is 5.97 Å². The lowest BCUT2D eigenvalue weighted by molar-refractivity contribution is 0.0696. The summed E-state index contributed by atoms with van der Waals surface area (Å²) in [5.41, 5.74) is 0.807. The van der Waals surface area contributed by atoms with Crippen LogP contribution in [0, 0.1) is 9.85 Å². The predicted octanol–water partition coefficient (Wildman–Crippen LogP) is 2.13. The maximum absolute atomic E-state index is 10.6. The molecule has 0 unspecified atom stereocenters. The van der Waals surface area contributed by atoms with E-state index in [1.807, 2.05) is 22.6 Å². The molecule has 0 aliphatic rings. The van der Waals surface area contributed by atoms with Crippen LogP contribution in [0.5, 0.6) is 0 Å². The van der Waals surface area contributed by atoms with Gasteiger partial charge in [-0.2, -0.15) is 0 Å². The Bertz CT molecular complexity index is 360. The van der Waals surface area contributed by atoms with Gasteiger partial charge in [0, 0.05) is 28.2 Å². The number of hydrogen-bond acceptors (Lipinski definition) is 1. The molecule has 0 atom stereocenters. The molecule has 0 aliphatic carbocycles. The monoisotopic (exact) mass is 272 g/mol. The van der Waals surface area contributed by atoms with Gasteiger partial charge in [-0.25, -0.2) is 4.79 Å². The van der Waals surface area contributed by atoms with Crippen LogP contribution in [-0.4, -0.2) is 11.1 Å². The summed E-state index contributed by atoms with van der Waals surface area (Å²) in [4.78, 5) is 10.6. The quantitative estimate of drug-likeness (QED) is 0.628. The number of aromatic carboxylic acids is 1. The average Bonchev–Trinajstić information content (AvgIpc) is 2.05. The minimum absolute atomic E-state index is 0.252. The van der Waals surface area contributed by atoms with Crippen molar-refractivity contribution in [1.82, 2.24) is 0 Å². The Labute approximate surface area is 83.7 Å². The highest BCUT2D eigenvalue weighted by Gasteiger charge is 2.05. The van der Waals surface area contributed by atoms with Crippen LogP contribution in [0.2, 0.25) is 0 Å². The Morgan fingerprint density at radius 1 is 1.42 bits per heavy atom. The highest BCUT2D eigenvalue weighted by molar-refractivity contribution is 14.1. The van der Waals surface area contributed by atoms with Crippen molar-refractivity contribution in [2.24, 2.45) is 0 Å². The molecule has 0 spiro atoms. The molecule has 1 aromatic rings. The van der Waals surface area contributed by atoms with Gasteiger partial charge in [-0.3, -0.25) is 0 Å². The summed E-state index contributed by atoms with van der Waals surface area (Å²) in [6.07, 6.45) is 0. The average molecular weight is 272 g/mol. The van der Waals surface area contributed by atoms with Crippen molar-refractivity contribution in [2.75, 3.05) is 0 Å². The Morgan fingerprint density at radius 3 is 2.67 bits per heavy atom. The second-order valence-electron chi connectivity index (χ2n) is 2.07. The molecule has 0 aromatic heterocycles. The zero-order valence-corrected chi connectivity index (χ0v) is 8.20. The molecular formula is C9H5IO2. The Hall–Kier alpha value is -1.02. The first-order valence-corrected chi connectivity index (χ1v) is 4.27. The molecular weight excluding hydrogens is 267 g/mol. The SMILES string of the molecule is O=C(O)c1ccccc1C#CI. The van der Waals surface area contributed by atoms with Crippen molar-refractivity contribution in [3.8, 4) is 9.85 Å². The second kappa shape index (κ2) is 4.12. The third kappa shape index (κ3) is 1.98. The van der Waals surface area contributed by atoms with E-state index >= 15 is 0 Å². The fourth-order valence-corrected chi connectivity index (χ4v) is 1.12. The Morgan fingerprint density at radius 2 is 2.08 bits per heavy atom. The molecule has 1 rings (SSSR count). The normalized spacial score (nSPS) is 8.42. The van der Waals surface area contributed by atoms with Crippen LogP contribution in [0.25, 0.3) is 0 Å². The van der Waals surface area contributed by atoms with Gasteiger partial charge in [0.15, 0.2) is 0 Å². The maximum atomic E-state index is 10.6. The third-order valence-electron chi connectivity index (χ3n) is 1.34. The van der Waals surface area contributed by atoms with Gasteiger partial charge in [0.2, 0.25) is 0 Å². The molecule has 60 valence electrons. The van der Waals surface area contributed by atoms with Crippen molar-refractivity contribution in [3.63, 3.8) is 0 Å². The highest BCUT2D eigenvalue weighted by Crippen LogP contribution is 2.06. The summed E-state index contributed by atoms with van der Waals surface area (Å²) in [6.45, 7) is 0. The van der Waals surface area contributed by atoms with E-state index in [-0.39, 0.29) is 5.56 Å². The van der Waals surface area contributed by atoms with E-state index in [4.69, 9.17) is 5.11 Å². The minimum Gasteiger partial charge on any atom is -0.478 e. The van der Waals surface area contributed by atoms with Gasteiger partial charge >= 0.3 is 5.97 Å². The van der Waals surface area contributed by atoms with Crippen molar-refractivity contribution >= 4 is 28.6 Å². The van der Waals surface area contributed by atoms with Crippen LogP contribution < -0.4 is 0 Å². The van der Waals surface area contributed by atoms with Crippen LogP contribution in [-0.2, 0) is 0 Å². The zero-order chi connectivity index (χ0) is 8.97. The van der Waals surface area contributed by atoms with E-state index in [2.05, 4.69) is 9.85 Å². The van der Waals surface area contributed by atoms with Gasteiger partial charge in [0.25, 0.3) is 0 Å². The number of carbonyl (C=O) groups is 1. The van der Waals surface area contributed by atoms with Gasteiger partial charge in [0.1, 0.15) is 0 Å². The standard InChI is InChI=1S/C9H5IO2/c10-6-5-7-3-1-2-4-8(7)9(11)12/h1-4H,(H,11,12). The summed E-state index contributed by atoms with van der Waals surface area (Å²) in [6, 6.07) is 6.68. The number of rotatable bonds is 1. The molecule has 1 N–H and O–H groups in total. The first-order valence-electron chi connectivity index (χ1n) is 3.19. The third-order valence-corrected chi connectivity index (χ3v) is 1.61. The van der Waals surface area contributed by atoms with Crippen molar-refractivity contribution < 1.29 is 9.90 Å². The van der Waals surface area contributed by atoms with Crippen LogP contribution in [0.3, 0.4) is 0 Å². The molecule has 0 bridgehead atoms. The molecule has 0 saturated heterocycles. The summed E-state index contributed by atoms with van der Waals surface area (Å²) >= 11 is 1.88. The fourth-order valence-electron chi connectivity index (χ4n) is 0.830. The lowest BCUT2D eigenvalue weighted by atomic mass is 10.1. The first-order chi connectivity index (χ1) is 5.75. The minimum atomic E-state index is -0.940. The summed E-state index contributed by atoms with van der Waals surface area (Å²) < 4.78 is 2.64. The van der Waals surface area contributed by atoms with Gasteiger partial charge in [-0.05, 0) is 16.1 Å². The maximum Gasteiger partial charge on any atom is 0.336 e. The van der Waals surface area contributed by atoms with Crippen LogP contribution in [0.4, 0.5) is 0 Å². The van der Waals surface area contributed by atoms with Gasteiger partial charge in [-0.15, -0.1) is 0 Å². The predicted molar refractivity (Wildman–Crippen MR) is 54.3 cm³/mol. The second-order valence-corrected chi connectivity index (χ2v) is 2.61. The fraction of sp³-hybridized carbons (Fsp3) is 0. The summed E-state index contributed by atoms with van der Waals surface area (Å²) in [5, 5.41) is 8.72.